The maximum atomic E-state index is 3.59. The molecule has 1 heteroatoms. The highest BCUT2D eigenvalue weighted by Crippen LogP contribution is 2.35. The van der Waals surface area contributed by atoms with Crippen LogP contribution in [0.4, 0.5) is 11.4 Å². The summed E-state index contributed by atoms with van der Waals surface area (Å²) >= 11 is 0. The lowest BCUT2D eigenvalue weighted by Crippen LogP contribution is -2.05. The highest BCUT2D eigenvalue weighted by Gasteiger charge is 2.15. The van der Waals surface area contributed by atoms with Gasteiger partial charge in [-0.1, -0.05) is 61.5 Å². The molecular weight excluding hydrogens is 266 g/mol. The van der Waals surface area contributed by atoms with Crippen molar-refractivity contribution >= 4 is 28.2 Å². The van der Waals surface area contributed by atoms with Crippen molar-refractivity contribution in [2.24, 2.45) is 5.92 Å². The molecule has 22 heavy (non-hydrogen) atoms. The van der Waals surface area contributed by atoms with Crippen molar-refractivity contribution in [3.8, 4) is 0 Å². The lowest BCUT2D eigenvalue weighted by atomic mass is 9.87. The van der Waals surface area contributed by atoms with Crippen LogP contribution in [0.3, 0.4) is 0 Å². The van der Waals surface area contributed by atoms with Gasteiger partial charge in [0.15, 0.2) is 0 Å². The molecule has 1 aliphatic carbocycles. The van der Waals surface area contributed by atoms with E-state index >= 15 is 0 Å². The molecule has 1 N–H and O–H groups in total. The fourth-order valence-electron chi connectivity index (χ4n) is 3.28. The van der Waals surface area contributed by atoms with Crippen LogP contribution in [0.15, 0.2) is 66.7 Å². The summed E-state index contributed by atoms with van der Waals surface area (Å²) < 4.78 is 0. The van der Waals surface area contributed by atoms with E-state index in [0.717, 1.165) is 12.1 Å². The number of hydrogen-bond donors (Lipinski definition) is 1. The number of rotatable bonds is 2. The quantitative estimate of drug-likeness (QED) is 0.628. The highest BCUT2D eigenvalue weighted by atomic mass is 14.9. The van der Waals surface area contributed by atoms with E-state index in [-0.39, 0.29) is 0 Å². The number of allylic oxidation sites excluding steroid dienone is 1. The third kappa shape index (κ3) is 2.29. The zero-order chi connectivity index (χ0) is 14.9. The first-order valence-electron chi connectivity index (χ1n) is 7.86. The normalized spacial score (nSPS) is 16.5. The third-order valence-corrected chi connectivity index (χ3v) is 4.36. The van der Waals surface area contributed by atoms with Crippen LogP contribution in [-0.2, 0) is 6.42 Å². The number of benzene rings is 3. The Bertz CT molecular complexity index is 846. The van der Waals surface area contributed by atoms with Crippen molar-refractivity contribution in [1.82, 2.24) is 0 Å². The Morgan fingerprint density at radius 2 is 1.64 bits per heavy atom. The van der Waals surface area contributed by atoms with Crippen LogP contribution < -0.4 is 5.32 Å². The summed E-state index contributed by atoms with van der Waals surface area (Å²) in [6.45, 7) is 2.28. The topological polar surface area (TPSA) is 12.0 Å². The number of para-hydroxylation sites is 1. The standard InChI is InChI=1S/C21H19N/c1-15-11-12-18-16(13-15)14-21(20-10-6-5-9-19(18)20)22-17-7-3-2-4-8-17/h2-12,14-15,22H,13H2,1H3. The minimum Gasteiger partial charge on any atom is -0.355 e. The van der Waals surface area contributed by atoms with E-state index in [1.165, 1.54) is 27.6 Å². The van der Waals surface area contributed by atoms with Gasteiger partial charge in [-0.3, -0.25) is 0 Å². The van der Waals surface area contributed by atoms with Crippen LogP contribution in [0.2, 0.25) is 0 Å². The molecule has 0 aliphatic heterocycles. The van der Waals surface area contributed by atoms with Crippen LogP contribution in [0.5, 0.6) is 0 Å². The van der Waals surface area contributed by atoms with Gasteiger partial charge in [0.2, 0.25) is 0 Å². The average molecular weight is 285 g/mol. The molecule has 4 rings (SSSR count). The Morgan fingerprint density at radius 1 is 0.909 bits per heavy atom. The average Bonchev–Trinajstić information content (AvgIpc) is 2.56. The van der Waals surface area contributed by atoms with Gasteiger partial charge in [-0.15, -0.1) is 0 Å². The summed E-state index contributed by atoms with van der Waals surface area (Å²) in [7, 11) is 0. The molecule has 0 amide bonds. The fraction of sp³-hybridized carbons (Fsp3) is 0.143. The summed E-state index contributed by atoms with van der Waals surface area (Å²) in [6, 6.07) is 21.4. The van der Waals surface area contributed by atoms with E-state index in [1.807, 2.05) is 6.07 Å². The minimum absolute atomic E-state index is 0.609. The van der Waals surface area contributed by atoms with Gasteiger partial charge in [-0.05, 0) is 47.1 Å². The summed E-state index contributed by atoms with van der Waals surface area (Å²) in [4.78, 5) is 0. The van der Waals surface area contributed by atoms with Crippen LogP contribution >= 0.6 is 0 Å². The summed E-state index contributed by atoms with van der Waals surface area (Å²) in [5, 5.41) is 6.20. The van der Waals surface area contributed by atoms with Crippen molar-refractivity contribution in [3.63, 3.8) is 0 Å². The molecule has 0 heterocycles. The Balaban J connectivity index is 1.90. The molecule has 0 bridgehead atoms. The van der Waals surface area contributed by atoms with E-state index in [0.29, 0.717) is 5.92 Å². The van der Waals surface area contributed by atoms with E-state index < -0.39 is 0 Å². The van der Waals surface area contributed by atoms with Gasteiger partial charge in [0.05, 0.1) is 0 Å². The molecule has 0 saturated carbocycles. The van der Waals surface area contributed by atoms with Gasteiger partial charge in [-0.2, -0.15) is 0 Å². The van der Waals surface area contributed by atoms with Crippen LogP contribution in [0, 0.1) is 5.92 Å². The lowest BCUT2D eigenvalue weighted by molar-refractivity contribution is 0.718. The second kappa shape index (κ2) is 5.34. The number of hydrogen-bond acceptors (Lipinski definition) is 1. The SMILES string of the molecule is CC1C=Cc2c(cc(Nc3ccccc3)c3ccccc23)C1. The first-order valence-corrected chi connectivity index (χ1v) is 7.86. The monoisotopic (exact) mass is 285 g/mol. The Kier molecular flexibility index (Phi) is 3.19. The molecule has 1 aliphatic rings. The molecule has 0 radical (unpaired) electrons. The zero-order valence-electron chi connectivity index (χ0n) is 12.7. The molecule has 0 fully saturated rings. The van der Waals surface area contributed by atoms with Gasteiger partial charge in [-0.25, -0.2) is 0 Å². The predicted molar refractivity (Wildman–Crippen MR) is 95.6 cm³/mol. The van der Waals surface area contributed by atoms with Gasteiger partial charge >= 0.3 is 0 Å². The van der Waals surface area contributed by atoms with Crippen molar-refractivity contribution in [2.45, 2.75) is 13.3 Å². The highest BCUT2D eigenvalue weighted by molar-refractivity contribution is 6.01. The Hall–Kier alpha value is -2.54. The predicted octanol–water partition coefficient (Wildman–Crippen LogP) is 5.79. The molecule has 1 atom stereocenters. The third-order valence-electron chi connectivity index (χ3n) is 4.36. The maximum Gasteiger partial charge on any atom is 0.0467 e. The molecule has 1 unspecified atom stereocenters. The minimum atomic E-state index is 0.609. The van der Waals surface area contributed by atoms with Crippen LogP contribution in [0.25, 0.3) is 16.8 Å². The lowest BCUT2D eigenvalue weighted by Gasteiger charge is -2.21. The second-order valence-electron chi connectivity index (χ2n) is 6.07. The molecular formula is C21H19N. The first-order chi connectivity index (χ1) is 10.8. The second-order valence-corrected chi connectivity index (χ2v) is 6.07. The van der Waals surface area contributed by atoms with Crippen molar-refractivity contribution in [2.75, 3.05) is 5.32 Å². The largest absolute Gasteiger partial charge is 0.355 e. The molecule has 3 aromatic rings. The molecule has 0 saturated heterocycles. The zero-order valence-corrected chi connectivity index (χ0v) is 12.7. The van der Waals surface area contributed by atoms with E-state index in [4.69, 9.17) is 0 Å². The van der Waals surface area contributed by atoms with Crippen molar-refractivity contribution in [1.29, 1.82) is 0 Å². The number of fused-ring (bicyclic) bond motifs is 3. The van der Waals surface area contributed by atoms with Gasteiger partial charge in [0, 0.05) is 16.8 Å². The summed E-state index contributed by atoms with van der Waals surface area (Å²) in [5.74, 6) is 0.609. The van der Waals surface area contributed by atoms with Crippen molar-refractivity contribution < 1.29 is 0 Å². The van der Waals surface area contributed by atoms with E-state index in [1.54, 1.807) is 0 Å². The molecule has 1 nitrogen and oxygen atoms in total. The fourth-order valence-corrected chi connectivity index (χ4v) is 3.28. The van der Waals surface area contributed by atoms with Gasteiger partial charge in [0.25, 0.3) is 0 Å². The molecule has 108 valence electrons. The number of anilines is 2. The van der Waals surface area contributed by atoms with Gasteiger partial charge < -0.3 is 5.32 Å². The summed E-state index contributed by atoms with van der Waals surface area (Å²) in [5.41, 5.74) is 5.15. The molecule has 3 aromatic carbocycles. The summed E-state index contributed by atoms with van der Waals surface area (Å²) in [6.07, 6.45) is 5.72. The Labute approximate surface area is 131 Å². The maximum absolute atomic E-state index is 3.59. The molecule has 0 aromatic heterocycles. The Morgan fingerprint density at radius 3 is 2.45 bits per heavy atom. The number of nitrogens with one attached hydrogen (secondary N) is 1. The van der Waals surface area contributed by atoms with E-state index in [9.17, 15) is 0 Å². The van der Waals surface area contributed by atoms with Crippen LogP contribution in [0.1, 0.15) is 18.1 Å². The molecule has 0 spiro atoms. The first kappa shape index (κ1) is 13.1. The van der Waals surface area contributed by atoms with Crippen LogP contribution in [-0.4, -0.2) is 0 Å². The van der Waals surface area contributed by atoms with E-state index in [2.05, 4.69) is 79.0 Å². The van der Waals surface area contributed by atoms with Crippen molar-refractivity contribution in [3.05, 3.63) is 77.9 Å². The smallest absolute Gasteiger partial charge is 0.0467 e. The van der Waals surface area contributed by atoms with Gasteiger partial charge in [0.1, 0.15) is 0 Å².